The zero-order valence-electron chi connectivity index (χ0n) is 23.7. The Hall–Kier alpha value is -4.67. The van der Waals surface area contributed by atoms with Crippen LogP contribution in [-0.2, 0) is 22.4 Å². The van der Waals surface area contributed by atoms with Crippen LogP contribution in [0.5, 0.6) is 11.5 Å². The quantitative estimate of drug-likeness (QED) is 0.207. The largest absolute Gasteiger partial charge is 0.497 e. The number of hydrogen-bond acceptors (Lipinski definition) is 8. The Morgan fingerprint density at radius 1 is 0.952 bits per heavy atom. The van der Waals surface area contributed by atoms with Gasteiger partial charge in [-0.3, -0.25) is 14.4 Å². The van der Waals surface area contributed by atoms with Crippen molar-refractivity contribution in [1.82, 2.24) is 10.6 Å². The zero-order valence-corrected chi connectivity index (χ0v) is 23.7. The van der Waals surface area contributed by atoms with Crippen LogP contribution < -0.4 is 25.5 Å². The number of ether oxygens (including phenoxy) is 3. The van der Waals surface area contributed by atoms with Crippen LogP contribution >= 0.6 is 0 Å². The number of amides is 2. The molecule has 0 aliphatic carbocycles. The third kappa shape index (κ3) is 7.54. The van der Waals surface area contributed by atoms with E-state index in [1.165, 1.54) is 20.1 Å². The van der Waals surface area contributed by atoms with Crippen LogP contribution in [0.4, 0.5) is 0 Å². The minimum atomic E-state index is -1.58. The first-order chi connectivity index (χ1) is 20.3. The molecule has 0 unspecified atom stereocenters. The summed E-state index contributed by atoms with van der Waals surface area (Å²) in [5.74, 6) is -0.467. The summed E-state index contributed by atoms with van der Waals surface area (Å²) >= 11 is 0. The van der Waals surface area contributed by atoms with Gasteiger partial charge in [0.15, 0.2) is 24.1 Å². The standard InChI is InChI=1S/C32H34N2O8/c1-20-28(35)25-14-13-24(41-19-39-2)18-27(25)42-30(20)32(38)34-26(17-22-7-5-4-6-8-22)29(36)31(37)33-16-15-21-9-11-23(40-3)12-10-21/h4-14,18,26,29,36H,15-17,19H2,1-3H3,(H,33,37)(H,34,38)/t26-,29+/m0/s1. The second-order valence-electron chi connectivity index (χ2n) is 9.70. The van der Waals surface area contributed by atoms with Crippen molar-refractivity contribution in [1.29, 1.82) is 0 Å². The van der Waals surface area contributed by atoms with E-state index in [-0.39, 0.29) is 47.5 Å². The number of hydrogen-bond donors (Lipinski definition) is 3. The maximum Gasteiger partial charge on any atom is 0.287 e. The average molecular weight is 575 g/mol. The topological polar surface area (TPSA) is 136 Å². The van der Waals surface area contributed by atoms with Crippen LogP contribution in [0.3, 0.4) is 0 Å². The second kappa shape index (κ2) is 14.3. The Kier molecular flexibility index (Phi) is 10.3. The van der Waals surface area contributed by atoms with Gasteiger partial charge >= 0.3 is 0 Å². The van der Waals surface area contributed by atoms with Crippen molar-refractivity contribution >= 4 is 22.8 Å². The van der Waals surface area contributed by atoms with Crippen molar-refractivity contribution in [2.24, 2.45) is 0 Å². The van der Waals surface area contributed by atoms with E-state index in [2.05, 4.69) is 10.6 Å². The third-order valence-corrected chi connectivity index (χ3v) is 6.78. The fourth-order valence-electron chi connectivity index (χ4n) is 4.45. The number of carbonyl (C=O) groups is 2. The van der Waals surface area contributed by atoms with E-state index in [0.717, 1.165) is 16.9 Å². The number of fused-ring (bicyclic) bond motifs is 1. The van der Waals surface area contributed by atoms with E-state index in [0.29, 0.717) is 12.2 Å². The van der Waals surface area contributed by atoms with E-state index in [9.17, 15) is 19.5 Å². The molecule has 1 heterocycles. The molecule has 3 aromatic carbocycles. The van der Waals surface area contributed by atoms with Gasteiger partial charge in [-0.1, -0.05) is 42.5 Å². The molecule has 0 spiro atoms. The molecule has 0 saturated carbocycles. The first kappa shape index (κ1) is 30.3. The van der Waals surface area contributed by atoms with Gasteiger partial charge in [0.1, 0.15) is 17.1 Å². The molecule has 10 nitrogen and oxygen atoms in total. The molecule has 0 bridgehead atoms. The smallest absolute Gasteiger partial charge is 0.287 e. The van der Waals surface area contributed by atoms with E-state index in [1.807, 2.05) is 54.6 Å². The number of carbonyl (C=O) groups excluding carboxylic acids is 2. The van der Waals surface area contributed by atoms with Gasteiger partial charge in [0.2, 0.25) is 0 Å². The summed E-state index contributed by atoms with van der Waals surface area (Å²) in [7, 11) is 3.07. The van der Waals surface area contributed by atoms with Crippen molar-refractivity contribution in [3.63, 3.8) is 0 Å². The maximum absolute atomic E-state index is 13.4. The summed E-state index contributed by atoms with van der Waals surface area (Å²) in [4.78, 5) is 39.5. The summed E-state index contributed by atoms with van der Waals surface area (Å²) in [6.45, 7) is 1.76. The molecule has 220 valence electrons. The lowest BCUT2D eigenvalue weighted by molar-refractivity contribution is -0.130. The third-order valence-electron chi connectivity index (χ3n) is 6.78. The molecule has 42 heavy (non-hydrogen) atoms. The summed E-state index contributed by atoms with van der Waals surface area (Å²) in [5.41, 5.74) is 1.65. The number of nitrogens with one attached hydrogen (secondary N) is 2. The number of rotatable bonds is 13. The van der Waals surface area contributed by atoms with Gasteiger partial charge in [-0.15, -0.1) is 0 Å². The first-order valence-electron chi connectivity index (χ1n) is 13.4. The van der Waals surface area contributed by atoms with E-state index < -0.39 is 24.0 Å². The van der Waals surface area contributed by atoms with Crippen molar-refractivity contribution in [3.8, 4) is 11.5 Å². The summed E-state index contributed by atoms with van der Waals surface area (Å²) in [6, 6.07) is 20.3. The highest BCUT2D eigenvalue weighted by Crippen LogP contribution is 2.22. The van der Waals surface area contributed by atoms with Crippen LogP contribution in [0, 0.1) is 6.92 Å². The Morgan fingerprint density at radius 3 is 2.36 bits per heavy atom. The highest BCUT2D eigenvalue weighted by molar-refractivity contribution is 5.95. The number of aliphatic hydroxyl groups excluding tert-OH is 1. The minimum absolute atomic E-state index is 0.00381. The van der Waals surface area contributed by atoms with Gasteiger partial charge in [-0.2, -0.15) is 0 Å². The normalized spacial score (nSPS) is 12.4. The minimum Gasteiger partial charge on any atom is -0.497 e. The molecule has 3 N–H and O–H groups in total. The highest BCUT2D eigenvalue weighted by atomic mass is 16.7. The predicted octanol–water partition coefficient (Wildman–Crippen LogP) is 3.15. The molecule has 1 aromatic heterocycles. The van der Waals surface area contributed by atoms with Crippen molar-refractivity contribution in [3.05, 3.63) is 105 Å². The highest BCUT2D eigenvalue weighted by Gasteiger charge is 2.30. The van der Waals surface area contributed by atoms with E-state index in [4.69, 9.17) is 18.6 Å². The molecule has 2 amide bonds. The van der Waals surface area contributed by atoms with Crippen molar-refractivity contribution in [2.45, 2.75) is 31.9 Å². The van der Waals surface area contributed by atoms with Crippen LogP contribution in [0.1, 0.15) is 27.2 Å². The molecule has 0 fully saturated rings. The van der Waals surface area contributed by atoms with Crippen LogP contribution in [0.2, 0.25) is 0 Å². The molecule has 2 atom stereocenters. The Bertz CT molecular complexity index is 1570. The van der Waals surface area contributed by atoms with Crippen LogP contribution in [-0.4, -0.2) is 56.6 Å². The molecular weight excluding hydrogens is 540 g/mol. The summed E-state index contributed by atoms with van der Waals surface area (Å²) in [5, 5.41) is 16.8. The molecular formula is C32H34N2O8. The lowest BCUT2D eigenvalue weighted by atomic mass is 10.00. The molecule has 10 heteroatoms. The lowest BCUT2D eigenvalue weighted by Gasteiger charge is -2.24. The average Bonchev–Trinajstić information content (AvgIpc) is 3.01. The van der Waals surface area contributed by atoms with Gasteiger partial charge < -0.3 is 34.4 Å². The Morgan fingerprint density at radius 2 is 1.67 bits per heavy atom. The van der Waals surface area contributed by atoms with Gasteiger partial charge in [-0.25, -0.2) is 0 Å². The van der Waals surface area contributed by atoms with Gasteiger partial charge in [0, 0.05) is 25.3 Å². The fourth-order valence-corrected chi connectivity index (χ4v) is 4.45. The van der Waals surface area contributed by atoms with Crippen LogP contribution in [0.15, 0.2) is 82.0 Å². The van der Waals surface area contributed by atoms with Crippen molar-refractivity contribution in [2.75, 3.05) is 27.6 Å². The molecule has 0 aliphatic rings. The predicted molar refractivity (Wildman–Crippen MR) is 157 cm³/mol. The molecule has 4 rings (SSSR count). The van der Waals surface area contributed by atoms with E-state index >= 15 is 0 Å². The zero-order chi connectivity index (χ0) is 30.1. The molecule has 4 aromatic rings. The van der Waals surface area contributed by atoms with E-state index in [1.54, 1.807) is 19.2 Å². The number of aliphatic hydroxyl groups is 1. The van der Waals surface area contributed by atoms with Crippen molar-refractivity contribution < 1.29 is 33.3 Å². The Balaban J connectivity index is 1.52. The molecule has 0 saturated heterocycles. The second-order valence-corrected chi connectivity index (χ2v) is 9.70. The van der Waals surface area contributed by atoms with Gasteiger partial charge in [0.05, 0.1) is 18.5 Å². The summed E-state index contributed by atoms with van der Waals surface area (Å²) < 4.78 is 21.4. The fraction of sp³-hybridized carbons (Fsp3) is 0.281. The number of methoxy groups -OCH3 is 2. The van der Waals surface area contributed by atoms with Gasteiger partial charge in [0.25, 0.3) is 11.8 Å². The van der Waals surface area contributed by atoms with Crippen LogP contribution in [0.25, 0.3) is 11.0 Å². The SMILES string of the molecule is COCOc1ccc2c(=O)c(C)c(C(=O)N[C@@H](Cc3ccccc3)[C@@H](O)C(=O)NCCc3ccc(OC)cc3)oc2c1. The summed E-state index contributed by atoms with van der Waals surface area (Å²) in [6.07, 6.45) is -0.882. The monoisotopic (exact) mass is 574 g/mol. The Labute approximate surface area is 243 Å². The number of benzene rings is 3. The lowest BCUT2D eigenvalue weighted by Crippen LogP contribution is -2.52. The van der Waals surface area contributed by atoms with Gasteiger partial charge in [-0.05, 0) is 55.2 Å². The maximum atomic E-state index is 13.4. The first-order valence-corrected chi connectivity index (χ1v) is 13.4. The molecule has 0 aliphatic heterocycles. The molecule has 0 radical (unpaired) electrons.